The molecule has 3 rings (SSSR count). The minimum absolute atomic E-state index is 0.191. The van der Waals surface area contributed by atoms with Crippen LogP contribution in [0.4, 0.5) is 10.6 Å². The lowest BCUT2D eigenvalue weighted by Crippen LogP contribution is -2.47. The number of hydrogen-bond donors (Lipinski definition) is 2. The van der Waals surface area contributed by atoms with Crippen molar-refractivity contribution in [1.29, 1.82) is 0 Å². The second-order valence-electron chi connectivity index (χ2n) is 6.41. The van der Waals surface area contributed by atoms with E-state index in [0.29, 0.717) is 18.8 Å². The minimum Gasteiger partial charge on any atom is -0.481 e. The van der Waals surface area contributed by atoms with Crippen LogP contribution in [0.5, 0.6) is 0 Å². The first-order valence-electron chi connectivity index (χ1n) is 7.88. The number of carbonyl (C=O) groups is 2. The Balaban J connectivity index is 1.66. The third kappa shape index (κ3) is 3.08. The fraction of sp³-hybridized carbons (Fsp3) is 0.667. The van der Waals surface area contributed by atoms with E-state index in [1.807, 2.05) is 17.7 Å². The van der Waals surface area contributed by atoms with Crippen molar-refractivity contribution < 1.29 is 14.7 Å². The number of fused-ring (bicyclic) bond motifs is 1. The molecule has 0 spiro atoms. The molecule has 7 nitrogen and oxygen atoms in total. The quantitative estimate of drug-likeness (QED) is 0.872. The van der Waals surface area contributed by atoms with Crippen LogP contribution in [0.25, 0.3) is 0 Å². The number of anilines is 1. The Morgan fingerprint density at radius 2 is 2.18 bits per heavy atom. The molecule has 3 heterocycles. The maximum atomic E-state index is 12.4. The third-order valence-corrected chi connectivity index (χ3v) is 4.45. The number of likely N-dealkylation sites (tertiary alicyclic amines) is 1. The largest absolute Gasteiger partial charge is 0.481 e. The van der Waals surface area contributed by atoms with Gasteiger partial charge in [-0.25, -0.2) is 4.79 Å². The zero-order valence-corrected chi connectivity index (χ0v) is 12.8. The van der Waals surface area contributed by atoms with Crippen LogP contribution >= 0.6 is 0 Å². The van der Waals surface area contributed by atoms with Gasteiger partial charge in [0.25, 0.3) is 0 Å². The summed E-state index contributed by atoms with van der Waals surface area (Å²) < 4.78 is 1.94. The van der Waals surface area contributed by atoms with E-state index in [0.717, 1.165) is 31.5 Å². The average molecular weight is 306 g/mol. The second kappa shape index (κ2) is 5.98. The number of carboxylic acids is 1. The highest BCUT2D eigenvalue weighted by atomic mass is 16.4. The van der Waals surface area contributed by atoms with Gasteiger partial charge >= 0.3 is 12.0 Å². The van der Waals surface area contributed by atoms with Crippen molar-refractivity contribution in [2.45, 2.75) is 39.2 Å². The number of aryl methyl sites for hydroxylation is 2. The Labute approximate surface area is 129 Å². The Hall–Kier alpha value is -2.05. The topological polar surface area (TPSA) is 87.5 Å². The molecule has 2 N–H and O–H groups in total. The van der Waals surface area contributed by atoms with Gasteiger partial charge in [-0.15, -0.1) is 0 Å². The third-order valence-electron chi connectivity index (χ3n) is 4.45. The van der Waals surface area contributed by atoms with Crippen LogP contribution in [0.15, 0.2) is 6.07 Å². The van der Waals surface area contributed by atoms with Gasteiger partial charge in [0.1, 0.15) is 0 Å². The van der Waals surface area contributed by atoms with Gasteiger partial charge in [-0.1, -0.05) is 6.92 Å². The molecule has 1 aromatic heterocycles. The highest BCUT2D eigenvalue weighted by Gasteiger charge is 2.32. The van der Waals surface area contributed by atoms with E-state index in [2.05, 4.69) is 10.4 Å². The first kappa shape index (κ1) is 14.9. The summed E-state index contributed by atoms with van der Waals surface area (Å²) in [5, 5.41) is 16.4. The summed E-state index contributed by atoms with van der Waals surface area (Å²) in [5.41, 5.74) is 1.15. The highest BCUT2D eigenvalue weighted by Crippen LogP contribution is 2.23. The lowest BCUT2D eigenvalue weighted by atomic mass is 9.91. The summed E-state index contributed by atoms with van der Waals surface area (Å²) in [4.78, 5) is 25.1. The predicted octanol–water partition coefficient (Wildman–Crippen LogP) is 1.79. The van der Waals surface area contributed by atoms with Crippen LogP contribution in [0, 0.1) is 11.8 Å². The fourth-order valence-electron chi connectivity index (χ4n) is 3.36. The van der Waals surface area contributed by atoms with Crippen molar-refractivity contribution >= 4 is 17.8 Å². The number of carboxylic acid groups (broad SMARTS) is 1. The van der Waals surface area contributed by atoms with E-state index in [4.69, 9.17) is 0 Å². The molecule has 1 saturated heterocycles. The molecule has 2 aliphatic heterocycles. The van der Waals surface area contributed by atoms with E-state index in [1.54, 1.807) is 4.90 Å². The van der Waals surface area contributed by atoms with Crippen LogP contribution in [-0.4, -0.2) is 44.9 Å². The summed E-state index contributed by atoms with van der Waals surface area (Å²) in [6.45, 7) is 3.72. The molecule has 1 fully saturated rings. The number of rotatable bonds is 2. The van der Waals surface area contributed by atoms with Crippen LogP contribution in [0.1, 0.15) is 31.9 Å². The van der Waals surface area contributed by atoms with E-state index < -0.39 is 11.9 Å². The van der Waals surface area contributed by atoms with Crippen molar-refractivity contribution in [1.82, 2.24) is 14.7 Å². The van der Waals surface area contributed by atoms with E-state index >= 15 is 0 Å². The van der Waals surface area contributed by atoms with Crippen molar-refractivity contribution in [3.63, 3.8) is 0 Å². The number of aromatic nitrogens is 2. The van der Waals surface area contributed by atoms with Crippen LogP contribution < -0.4 is 5.32 Å². The van der Waals surface area contributed by atoms with Gasteiger partial charge in [0.05, 0.1) is 5.92 Å². The summed E-state index contributed by atoms with van der Waals surface area (Å²) >= 11 is 0. The zero-order valence-electron chi connectivity index (χ0n) is 12.8. The average Bonchev–Trinajstić information content (AvgIpc) is 2.88. The number of piperidine rings is 1. The Bertz CT molecular complexity index is 560. The lowest BCUT2D eigenvalue weighted by Gasteiger charge is -2.34. The molecule has 2 unspecified atom stereocenters. The molecular weight excluding hydrogens is 284 g/mol. The van der Waals surface area contributed by atoms with Gasteiger partial charge in [0.15, 0.2) is 5.82 Å². The monoisotopic (exact) mass is 306 g/mol. The molecule has 7 heteroatoms. The molecule has 0 bridgehead atoms. The molecule has 0 radical (unpaired) electrons. The summed E-state index contributed by atoms with van der Waals surface area (Å²) in [7, 11) is 0. The van der Waals surface area contributed by atoms with E-state index in [-0.39, 0.29) is 18.5 Å². The molecular formula is C15H22N4O3. The standard InChI is InChI=1S/C15H22N4O3/c1-10-6-11(14(20)21)9-18(8-10)15(22)16-13-7-12-4-2-3-5-19(12)17-13/h7,10-11H,2-6,8-9H2,1H3,(H,20,21)(H,16,17,22). The Kier molecular flexibility index (Phi) is 4.04. The number of hydrogen-bond acceptors (Lipinski definition) is 3. The van der Waals surface area contributed by atoms with Crippen LogP contribution in [0.2, 0.25) is 0 Å². The van der Waals surface area contributed by atoms with Crippen molar-refractivity contribution in [2.75, 3.05) is 18.4 Å². The number of urea groups is 1. The molecule has 0 aliphatic carbocycles. The van der Waals surface area contributed by atoms with Crippen molar-refractivity contribution in [3.05, 3.63) is 11.8 Å². The SMILES string of the molecule is CC1CC(C(=O)O)CN(C(=O)Nc2cc3n(n2)CCCC3)C1. The number of aliphatic carboxylic acids is 1. The van der Waals surface area contributed by atoms with Crippen molar-refractivity contribution in [3.8, 4) is 0 Å². The number of nitrogens with zero attached hydrogens (tertiary/aromatic N) is 3. The first-order chi connectivity index (χ1) is 10.5. The summed E-state index contributed by atoms with van der Waals surface area (Å²) in [5.74, 6) is -0.561. The molecule has 22 heavy (non-hydrogen) atoms. The van der Waals surface area contributed by atoms with Gasteiger partial charge in [0, 0.05) is 31.4 Å². The molecule has 1 aromatic rings. The Morgan fingerprint density at radius 1 is 1.36 bits per heavy atom. The Morgan fingerprint density at radius 3 is 2.91 bits per heavy atom. The highest BCUT2D eigenvalue weighted by molar-refractivity contribution is 5.88. The summed E-state index contributed by atoms with van der Waals surface area (Å²) in [6.07, 6.45) is 3.89. The smallest absolute Gasteiger partial charge is 0.323 e. The summed E-state index contributed by atoms with van der Waals surface area (Å²) in [6, 6.07) is 1.66. The predicted molar refractivity (Wildman–Crippen MR) is 80.7 cm³/mol. The second-order valence-corrected chi connectivity index (χ2v) is 6.41. The molecule has 2 atom stereocenters. The van der Waals surface area contributed by atoms with Gasteiger partial charge in [-0.3, -0.25) is 14.8 Å². The molecule has 0 aromatic carbocycles. The first-order valence-corrected chi connectivity index (χ1v) is 7.88. The molecule has 2 amide bonds. The van der Waals surface area contributed by atoms with Crippen LogP contribution in [-0.2, 0) is 17.8 Å². The van der Waals surface area contributed by atoms with Crippen molar-refractivity contribution in [2.24, 2.45) is 11.8 Å². The van der Waals surface area contributed by atoms with Gasteiger partial charge < -0.3 is 10.0 Å². The lowest BCUT2D eigenvalue weighted by molar-refractivity contribution is -0.143. The van der Waals surface area contributed by atoms with E-state index in [1.165, 1.54) is 0 Å². The van der Waals surface area contributed by atoms with Gasteiger partial charge in [-0.05, 0) is 31.6 Å². The minimum atomic E-state index is -0.832. The van der Waals surface area contributed by atoms with Gasteiger partial charge in [-0.2, -0.15) is 5.10 Å². The van der Waals surface area contributed by atoms with Gasteiger partial charge in [0.2, 0.25) is 0 Å². The maximum absolute atomic E-state index is 12.4. The molecule has 120 valence electrons. The number of carbonyl (C=O) groups excluding carboxylic acids is 1. The molecule has 0 saturated carbocycles. The fourth-order valence-corrected chi connectivity index (χ4v) is 3.36. The zero-order chi connectivity index (χ0) is 15.7. The molecule has 2 aliphatic rings. The number of amides is 2. The van der Waals surface area contributed by atoms with Crippen LogP contribution in [0.3, 0.4) is 0 Å². The van der Waals surface area contributed by atoms with E-state index in [9.17, 15) is 14.7 Å². The number of nitrogens with one attached hydrogen (secondary N) is 1. The normalized spacial score (nSPS) is 24.7. The maximum Gasteiger partial charge on any atom is 0.323 e.